The normalized spacial score (nSPS) is 8.45. The van der Waals surface area contributed by atoms with Crippen molar-refractivity contribution in [1.82, 2.24) is 10.6 Å². The van der Waals surface area contributed by atoms with Gasteiger partial charge in [0, 0.05) is 38.8 Å². The first-order valence-corrected chi connectivity index (χ1v) is 12.9. The molecule has 2 amide bonds. The van der Waals surface area contributed by atoms with Crippen LogP contribution in [0.15, 0.2) is 72.8 Å². The van der Waals surface area contributed by atoms with E-state index < -0.39 is 17.9 Å². The van der Waals surface area contributed by atoms with Crippen LogP contribution < -0.4 is 15.4 Å². The number of phenols is 3. The Kier molecular flexibility index (Phi) is 26.0. The third-order valence-electron chi connectivity index (χ3n) is 4.01. The lowest BCUT2D eigenvalue weighted by Gasteiger charge is -2.05. The summed E-state index contributed by atoms with van der Waals surface area (Å²) in [5.41, 5.74) is 1.05. The molecule has 0 unspecified atom stereocenters. The molecule has 0 heterocycles. The number of carbonyl (C=O) groups is 7. The van der Waals surface area contributed by atoms with Gasteiger partial charge in [0.05, 0.1) is 6.67 Å². The number of carboxylic acids is 3. The Morgan fingerprint density at radius 3 is 1.19 bits per heavy atom. The molecule has 0 atom stereocenters. The van der Waals surface area contributed by atoms with E-state index in [0.717, 1.165) is 20.8 Å². The maximum atomic E-state index is 11.4. The number of carbonyl (C=O) groups excluding carboxylic acids is 4. The van der Waals surface area contributed by atoms with E-state index >= 15 is 0 Å². The van der Waals surface area contributed by atoms with Crippen LogP contribution in [0.4, 0.5) is 0 Å². The van der Waals surface area contributed by atoms with Crippen LogP contribution in [0, 0.1) is 0 Å². The van der Waals surface area contributed by atoms with Gasteiger partial charge in [-0.15, -0.1) is 0 Å². The molecule has 0 saturated heterocycles. The minimum absolute atomic E-state index is 0.0139. The number of hydrogen-bond donors (Lipinski definition) is 8. The minimum Gasteiger partial charge on any atom is -0.508 e. The van der Waals surface area contributed by atoms with Crippen molar-refractivity contribution in [1.29, 1.82) is 0 Å². The molecule has 16 heteroatoms. The van der Waals surface area contributed by atoms with E-state index in [4.69, 9.17) is 45.0 Å². The second kappa shape index (κ2) is 27.1. The molecule has 16 nitrogen and oxygen atoms in total. The molecule has 8 N–H and O–H groups in total. The van der Waals surface area contributed by atoms with E-state index in [1.807, 2.05) is 0 Å². The zero-order chi connectivity index (χ0) is 36.9. The van der Waals surface area contributed by atoms with E-state index in [1.54, 1.807) is 12.1 Å². The molecule has 3 rings (SSSR count). The standard InChI is InChI=1S/C10H12N2O3.C8H8O2.C7H6O3.3C2H4O2/c1-7(13)11-6-12-10(15)8-2-4-9(14)5-3-8;1-6(9)7-2-4-8(10)5-3-7;8-5-10-7-3-1-6(9)2-4-7;3*1-2(3)4/h2-5,14H,6H2,1H3,(H,11,13)(H,12,15);2-5,10H,1H3;1-5,9H;3*1H3,(H,3,4). The number of aliphatic carboxylic acids is 3. The number of ketones is 1. The molecular weight excluding hydrogens is 624 g/mol. The summed E-state index contributed by atoms with van der Waals surface area (Å²) in [4.78, 5) is 69.4. The van der Waals surface area contributed by atoms with Gasteiger partial charge in [-0.1, -0.05) is 0 Å². The highest BCUT2D eigenvalue weighted by molar-refractivity contribution is 5.94. The van der Waals surface area contributed by atoms with Gasteiger partial charge in [0.2, 0.25) is 5.91 Å². The number of phenolic OH excluding ortho intramolecular Hbond substituents is 3. The van der Waals surface area contributed by atoms with Gasteiger partial charge in [-0.05, 0) is 79.7 Å². The summed E-state index contributed by atoms with van der Waals surface area (Å²) in [7, 11) is 0. The first kappa shape index (κ1) is 45.0. The summed E-state index contributed by atoms with van der Waals surface area (Å²) in [6, 6.07) is 17.9. The number of benzene rings is 3. The smallest absolute Gasteiger partial charge is 0.300 e. The van der Waals surface area contributed by atoms with E-state index in [1.165, 1.54) is 74.5 Å². The Labute approximate surface area is 269 Å². The third-order valence-corrected chi connectivity index (χ3v) is 4.01. The lowest BCUT2D eigenvalue weighted by Crippen LogP contribution is -2.36. The highest BCUT2D eigenvalue weighted by Crippen LogP contribution is 2.14. The molecule has 0 bridgehead atoms. The molecule has 3 aromatic carbocycles. The van der Waals surface area contributed by atoms with Crippen molar-refractivity contribution in [2.45, 2.75) is 34.6 Å². The number of hydrogen-bond acceptors (Lipinski definition) is 11. The van der Waals surface area contributed by atoms with Crippen LogP contribution in [0.5, 0.6) is 23.0 Å². The fraction of sp³-hybridized carbons (Fsp3) is 0.194. The molecule has 0 radical (unpaired) electrons. The fourth-order valence-corrected chi connectivity index (χ4v) is 2.24. The highest BCUT2D eigenvalue weighted by Gasteiger charge is 2.04. The van der Waals surface area contributed by atoms with Crippen molar-refractivity contribution in [3.8, 4) is 23.0 Å². The molecular formula is C31H38N2O14. The van der Waals surface area contributed by atoms with Crippen LogP contribution in [0.3, 0.4) is 0 Å². The molecule has 0 spiro atoms. The van der Waals surface area contributed by atoms with Crippen LogP contribution in [-0.2, 0) is 24.0 Å². The molecule has 256 valence electrons. The van der Waals surface area contributed by atoms with E-state index in [-0.39, 0.29) is 41.5 Å². The molecule has 0 aliphatic rings. The van der Waals surface area contributed by atoms with Gasteiger partial charge < -0.3 is 46.0 Å². The summed E-state index contributed by atoms with van der Waals surface area (Å²) < 4.78 is 4.47. The summed E-state index contributed by atoms with van der Waals surface area (Å²) in [6.45, 7) is 6.54. The number of ether oxygens (including phenoxy) is 1. The maximum absolute atomic E-state index is 11.4. The van der Waals surface area contributed by atoms with Crippen molar-refractivity contribution < 1.29 is 68.9 Å². The number of aromatic hydroxyl groups is 3. The first-order valence-electron chi connectivity index (χ1n) is 12.9. The Hall–Kier alpha value is -6.45. The van der Waals surface area contributed by atoms with E-state index in [9.17, 15) is 19.2 Å². The topological polar surface area (TPSA) is 274 Å². The molecule has 0 saturated carbocycles. The third kappa shape index (κ3) is 33.9. The van der Waals surface area contributed by atoms with Gasteiger partial charge in [0.1, 0.15) is 23.0 Å². The second-order valence-corrected chi connectivity index (χ2v) is 8.33. The summed E-state index contributed by atoms with van der Waals surface area (Å²) in [6.07, 6.45) is 0. The fourth-order valence-electron chi connectivity index (χ4n) is 2.24. The van der Waals surface area contributed by atoms with Gasteiger partial charge in [0.15, 0.2) is 5.78 Å². The summed E-state index contributed by atoms with van der Waals surface area (Å²) >= 11 is 0. The Morgan fingerprint density at radius 2 is 0.894 bits per heavy atom. The van der Waals surface area contributed by atoms with Crippen LogP contribution >= 0.6 is 0 Å². The quantitative estimate of drug-likeness (QED) is 0.107. The molecule has 0 fully saturated rings. The van der Waals surface area contributed by atoms with Crippen molar-refractivity contribution in [3.05, 3.63) is 83.9 Å². The summed E-state index contributed by atoms with van der Waals surface area (Å²) in [5.74, 6) is -2.13. The molecule has 0 aromatic heterocycles. The van der Waals surface area contributed by atoms with Gasteiger partial charge >= 0.3 is 0 Å². The number of rotatable bonds is 6. The Morgan fingerprint density at radius 1 is 0.574 bits per heavy atom. The van der Waals surface area contributed by atoms with Crippen LogP contribution in [0.2, 0.25) is 0 Å². The predicted octanol–water partition coefficient (Wildman–Crippen LogP) is 3.01. The largest absolute Gasteiger partial charge is 0.508 e. The van der Waals surface area contributed by atoms with Crippen molar-refractivity contribution >= 4 is 42.0 Å². The number of carboxylic acid groups (broad SMARTS) is 3. The van der Waals surface area contributed by atoms with Crippen LogP contribution in [-0.4, -0.2) is 79.3 Å². The molecule has 0 aliphatic heterocycles. The Bertz CT molecular complexity index is 1350. The van der Waals surface area contributed by atoms with Gasteiger partial charge in [0.25, 0.3) is 30.3 Å². The van der Waals surface area contributed by atoms with Crippen molar-refractivity contribution in [3.63, 3.8) is 0 Å². The SMILES string of the molecule is CC(=O)NCNC(=O)c1ccc(O)cc1.CC(=O)O.CC(=O)O.CC(=O)O.CC(=O)c1ccc(O)cc1.O=COc1ccc(O)cc1. The molecule has 47 heavy (non-hydrogen) atoms. The molecule has 0 aliphatic carbocycles. The molecule has 3 aromatic rings. The monoisotopic (exact) mass is 662 g/mol. The second-order valence-electron chi connectivity index (χ2n) is 8.33. The lowest BCUT2D eigenvalue weighted by molar-refractivity contribution is -0.135. The number of amides is 2. The average molecular weight is 663 g/mol. The van der Waals surface area contributed by atoms with Gasteiger partial charge in [-0.25, -0.2) is 0 Å². The van der Waals surface area contributed by atoms with Crippen LogP contribution in [0.25, 0.3) is 0 Å². The zero-order valence-corrected chi connectivity index (χ0v) is 26.2. The van der Waals surface area contributed by atoms with Gasteiger partial charge in [-0.2, -0.15) is 0 Å². The van der Waals surface area contributed by atoms with E-state index in [0.29, 0.717) is 23.3 Å². The first-order chi connectivity index (χ1) is 21.8. The van der Waals surface area contributed by atoms with Crippen LogP contribution in [0.1, 0.15) is 55.3 Å². The minimum atomic E-state index is -0.833. The van der Waals surface area contributed by atoms with Gasteiger partial charge in [-0.3, -0.25) is 33.6 Å². The predicted molar refractivity (Wildman–Crippen MR) is 167 cm³/mol. The average Bonchev–Trinajstić information content (AvgIpc) is 2.95. The lowest BCUT2D eigenvalue weighted by atomic mass is 10.1. The van der Waals surface area contributed by atoms with E-state index in [2.05, 4.69) is 15.4 Å². The Balaban J connectivity index is -0.000000536. The number of nitrogens with one attached hydrogen (secondary N) is 2. The number of Topliss-reactive ketones (excluding diaryl/α,β-unsaturated/α-hetero) is 1. The van der Waals surface area contributed by atoms with Crippen molar-refractivity contribution in [2.75, 3.05) is 6.67 Å². The summed E-state index contributed by atoms with van der Waals surface area (Å²) in [5, 5.41) is 53.8. The zero-order valence-electron chi connectivity index (χ0n) is 26.2. The maximum Gasteiger partial charge on any atom is 0.300 e. The van der Waals surface area contributed by atoms with Crippen molar-refractivity contribution in [2.24, 2.45) is 0 Å². The highest BCUT2D eigenvalue weighted by atomic mass is 16.5.